The van der Waals surface area contributed by atoms with Crippen LogP contribution in [0.2, 0.25) is 0 Å². The first kappa shape index (κ1) is 22.0. The summed E-state index contributed by atoms with van der Waals surface area (Å²) < 4.78 is 29.3. The molecule has 3 fully saturated rings. The fourth-order valence-electron chi connectivity index (χ4n) is 5.07. The van der Waals surface area contributed by atoms with Gasteiger partial charge in [0.1, 0.15) is 0 Å². The number of rotatable bonds is 6. The first-order chi connectivity index (χ1) is 13.3. The molecule has 7 nitrogen and oxygen atoms in total. The third-order valence-corrected chi connectivity index (χ3v) is 8.14. The molecule has 0 N–H and O–H groups in total. The van der Waals surface area contributed by atoms with Gasteiger partial charge in [-0.1, -0.05) is 0 Å². The van der Waals surface area contributed by atoms with Crippen molar-refractivity contribution in [2.24, 2.45) is 5.92 Å². The number of hydrogen-bond donors (Lipinski definition) is 0. The number of nitrogens with zero attached hydrogens (tertiary/aromatic N) is 3. The normalized spacial score (nSPS) is 32.5. The molecule has 0 saturated carbocycles. The molecule has 162 valence electrons. The lowest BCUT2D eigenvalue weighted by Crippen LogP contribution is -2.50. The van der Waals surface area contributed by atoms with Gasteiger partial charge in [0, 0.05) is 32.2 Å². The third kappa shape index (κ3) is 5.90. The summed E-state index contributed by atoms with van der Waals surface area (Å²) in [5, 5.41) is 0. The minimum absolute atomic E-state index is 0.0823. The molecule has 3 atom stereocenters. The molecule has 3 heterocycles. The monoisotopic (exact) mass is 415 g/mol. The van der Waals surface area contributed by atoms with Gasteiger partial charge in [-0.15, -0.1) is 0 Å². The number of sulfone groups is 1. The molecule has 0 aromatic rings. The molecule has 3 unspecified atom stereocenters. The topological polar surface area (TPSA) is 70.2 Å². The molecule has 0 aliphatic carbocycles. The van der Waals surface area contributed by atoms with Crippen LogP contribution in [0.25, 0.3) is 0 Å². The predicted molar refractivity (Wildman–Crippen MR) is 110 cm³/mol. The number of ether oxygens (including phenoxy) is 1. The molecule has 3 saturated heterocycles. The smallest absolute Gasteiger partial charge is 0.237 e. The zero-order valence-corrected chi connectivity index (χ0v) is 18.5. The molecular weight excluding hydrogens is 378 g/mol. The quantitative estimate of drug-likeness (QED) is 0.640. The Hall–Kier alpha value is -0.700. The van der Waals surface area contributed by atoms with E-state index in [2.05, 4.69) is 23.6 Å². The van der Waals surface area contributed by atoms with E-state index >= 15 is 0 Å². The van der Waals surface area contributed by atoms with E-state index in [1.807, 2.05) is 6.92 Å². The zero-order chi connectivity index (χ0) is 20.3. The molecule has 0 bridgehead atoms. The summed E-state index contributed by atoms with van der Waals surface area (Å²) in [4.78, 5) is 19.3. The second-order valence-corrected chi connectivity index (χ2v) is 11.2. The Bertz CT molecular complexity index is 623. The van der Waals surface area contributed by atoms with Gasteiger partial charge in [0.2, 0.25) is 5.91 Å². The Balaban J connectivity index is 1.42. The van der Waals surface area contributed by atoms with Crippen LogP contribution < -0.4 is 0 Å². The molecule has 0 aromatic carbocycles. The van der Waals surface area contributed by atoms with Gasteiger partial charge in [0.15, 0.2) is 9.84 Å². The Morgan fingerprint density at radius 1 is 1.07 bits per heavy atom. The van der Waals surface area contributed by atoms with Gasteiger partial charge in [-0.2, -0.15) is 0 Å². The van der Waals surface area contributed by atoms with Crippen molar-refractivity contribution in [1.82, 2.24) is 14.7 Å². The fraction of sp³-hybridized carbons (Fsp3) is 0.950. The standard InChI is InChI=1S/C20H37N3O4S/c1-4-23(19-7-10-28(25,26)15-19)20(24)14-21-8-5-18(6-9-21)13-22-11-16(2)27-17(3)12-22/h16-19H,4-15H2,1-3H3. The van der Waals surface area contributed by atoms with E-state index in [1.165, 1.54) is 0 Å². The van der Waals surface area contributed by atoms with Crippen LogP contribution in [0.5, 0.6) is 0 Å². The molecule has 3 rings (SSSR count). The van der Waals surface area contributed by atoms with E-state index in [9.17, 15) is 13.2 Å². The van der Waals surface area contributed by atoms with Crippen LogP contribution in [0.3, 0.4) is 0 Å². The van der Waals surface area contributed by atoms with Gasteiger partial charge in [-0.25, -0.2) is 8.42 Å². The number of likely N-dealkylation sites (tertiary alicyclic amines) is 1. The van der Waals surface area contributed by atoms with Crippen molar-refractivity contribution < 1.29 is 17.9 Å². The van der Waals surface area contributed by atoms with E-state index in [4.69, 9.17) is 4.74 Å². The Morgan fingerprint density at radius 3 is 2.25 bits per heavy atom. The second kappa shape index (κ2) is 9.41. The number of morpholine rings is 1. The van der Waals surface area contributed by atoms with E-state index in [1.54, 1.807) is 4.90 Å². The molecule has 3 aliphatic heterocycles. The van der Waals surface area contributed by atoms with Crippen LogP contribution in [0.4, 0.5) is 0 Å². The lowest BCUT2D eigenvalue weighted by molar-refractivity contribution is -0.134. The summed E-state index contributed by atoms with van der Waals surface area (Å²) in [6, 6.07) is -0.134. The lowest BCUT2D eigenvalue weighted by atomic mass is 9.95. The Labute approximate surface area is 170 Å². The highest BCUT2D eigenvalue weighted by Gasteiger charge is 2.34. The molecule has 0 spiro atoms. The lowest BCUT2D eigenvalue weighted by Gasteiger charge is -2.39. The van der Waals surface area contributed by atoms with Crippen molar-refractivity contribution >= 4 is 15.7 Å². The number of piperidine rings is 1. The third-order valence-electron chi connectivity index (χ3n) is 6.39. The van der Waals surface area contributed by atoms with E-state index in [-0.39, 0.29) is 23.5 Å². The highest BCUT2D eigenvalue weighted by Crippen LogP contribution is 2.22. The van der Waals surface area contributed by atoms with Gasteiger partial charge in [-0.05, 0) is 59.0 Å². The molecular formula is C20H37N3O4S. The Morgan fingerprint density at radius 2 is 1.71 bits per heavy atom. The summed E-state index contributed by atoms with van der Waals surface area (Å²) in [7, 11) is -2.97. The number of hydrogen-bond acceptors (Lipinski definition) is 6. The maximum Gasteiger partial charge on any atom is 0.237 e. The maximum atomic E-state index is 12.8. The predicted octanol–water partition coefficient (Wildman–Crippen LogP) is 0.843. The fourth-order valence-corrected chi connectivity index (χ4v) is 6.80. The summed E-state index contributed by atoms with van der Waals surface area (Å²) in [5.41, 5.74) is 0. The van der Waals surface area contributed by atoms with Gasteiger partial charge in [0.25, 0.3) is 0 Å². The summed E-state index contributed by atoms with van der Waals surface area (Å²) in [6.45, 7) is 12.3. The van der Waals surface area contributed by atoms with Crippen molar-refractivity contribution in [3.05, 3.63) is 0 Å². The minimum atomic E-state index is -2.97. The molecule has 0 aromatic heterocycles. The highest BCUT2D eigenvalue weighted by molar-refractivity contribution is 7.91. The second-order valence-electron chi connectivity index (χ2n) is 8.93. The summed E-state index contributed by atoms with van der Waals surface area (Å²) >= 11 is 0. The van der Waals surface area contributed by atoms with Gasteiger partial charge in [-0.3, -0.25) is 14.6 Å². The molecule has 0 radical (unpaired) electrons. The Kier molecular flexibility index (Phi) is 7.39. The first-order valence-electron chi connectivity index (χ1n) is 10.9. The van der Waals surface area contributed by atoms with Gasteiger partial charge in [0.05, 0.1) is 30.3 Å². The molecule has 28 heavy (non-hydrogen) atoms. The summed E-state index contributed by atoms with van der Waals surface area (Å²) in [5.74, 6) is 1.11. The van der Waals surface area contributed by atoms with Crippen molar-refractivity contribution in [2.75, 3.05) is 57.3 Å². The van der Waals surface area contributed by atoms with Crippen LogP contribution >= 0.6 is 0 Å². The zero-order valence-electron chi connectivity index (χ0n) is 17.7. The van der Waals surface area contributed by atoms with Crippen molar-refractivity contribution in [2.45, 2.75) is 58.3 Å². The SMILES string of the molecule is CCN(C(=O)CN1CCC(CN2CC(C)OC(C)C2)CC1)C1CCS(=O)(=O)C1. The van der Waals surface area contributed by atoms with Crippen LogP contribution in [0, 0.1) is 5.92 Å². The first-order valence-corrected chi connectivity index (χ1v) is 12.7. The number of carbonyl (C=O) groups is 1. The van der Waals surface area contributed by atoms with E-state index < -0.39 is 9.84 Å². The average molecular weight is 416 g/mol. The minimum Gasteiger partial charge on any atom is -0.373 e. The van der Waals surface area contributed by atoms with Crippen molar-refractivity contribution in [3.8, 4) is 0 Å². The van der Waals surface area contributed by atoms with Crippen molar-refractivity contribution in [1.29, 1.82) is 0 Å². The highest BCUT2D eigenvalue weighted by atomic mass is 32.2. The molecule has 8 heteroatoms. The van der Waals surface area contributed by atoms with Gasteiger partial charge >= 0.3 is 0 Å². The van der Waals surface area contributed by atoms with Crippen LogP contribution in [0.15, 0.2) is 0 Å². The van der Waals surface area contributed by atoms with E-state index in [0.29, 0.717) is 37.6 Å². The molecule has 3 aliphatic rings. The van der Waals surface area contributed by atoms with Crippen LogP contribution in [-0.2, 0) is 19.4 Å². The van der Waals surface area contributed by atoms with Crippen LogP contribution in [0.1, 0.15) is 40.0 Å². The average Bonchev–Trinajstić information content (AvgIpc) is 2.96. The van der Waals surface area contributed by atoms with Crippen molar-refractivity contribution in [3.63, 3.8) is 0 Å². The van der Waals surface area contributed by atoms with E-state index in [0.717, 1.165) is 45.6 Å². The van der Waals surface area contributed by atoms with Crippen LogP contribution in [-0.4, -0.2) is 105 Å². The largest absolute Gasteiger partial charge is 0.373 e. The van der Waals surface area contributed by atoms with Gasteiger partial charge < -0.3 is 9.64 Å². The summed E-state index contributed by atoms with van der Waals surface area (Å²) in [6.07, 6.45) is 3.44. The number of carbonyl (C=O) groups excluding carboxylic acids is 1. The maximum absolute atomic E-state index is 12.8. The number of amides is 1. The number of likely N-dealkylation sites (N-methyl/N-ethyl adjacent to an activating group) is 1. The molecule has 1 amide bonds.